The molecule has 4 aromatic rings. The van der Waals surface area contributed by atoms with Crippen molar-refractivity contribution in [2.75, 3.05) is 5.32 Å². The highest BCUT2D eigenvalue weighted by molar-refractivity contribution is 6.09. The number of carbonyl (C=O) groups is 1. The lowest BCUT2D eigenvalue weighted by molar-refractivity contribution is -0.112. The van der Waals surface area contributed by atoms with E-state index in [1.807, 2.05) is 12.2 Å². The Bertz CT molecular complexity index is 1360. The molecule has 140 valence electrons. The number of carbonyl (C=O) groups excluding carboxylic acids is 1. The molecule has 1 N–H and O–H groups in total. The zero-order valence-electron chi connectivity index (χ0n) is 15.1. The van der Waals surface area contributed by atoms with Crippen LogP contribution in [-0.4, -0.2) is 30.8 Å². The SMILES string of the molecule is O=C(Nc1cc(-c2nc3ncccc3o2)ccn1)C1=CCC=c2nccnc2=C1. The number of amides is 1. The molecule has 8 nitrogen and oxygen atoms in total. The Labute approximate surface area is 164 Å². The molecule has 5 rings (SSSR count). The van der Waals surface area contributed by atoms with Crippen molar-refractivity contribution in [2.45, 2.75) is 6.42 Å². The molecule has 0 saturated carbocycles. The van der Waals surface area contributed by atoms with Crippen LogP contribution in [0.1, 0.15) is 6.42 Å². The monoisotopic (exact) mass is 382 g/mol. The van der Waals surface area contributed by atoms with Gasteiger partial charge >= 0.3 is 0 Å². The summed E-state index contributed by atoms with van der Waals surface area (Å²) in [4.78, 5) is 34.1. The molecular weight excluding hydrogens is 368 g/mol. The van der Waals surface area contributed by atoms with Gasteiger partial charge < -0.3 is 9.73 Å². The van der Waals surface area contributed by atoms with Crippen LogP contribution >= 0.6 is 0 Å². The van der Waals surface area contributed by atoms with Crippen LogP contribution in [0.3, 0.4) is 0 Å². The maximum atomic E-state index is 12.8. The number of oxazole rings is 1. The second kappa shape index (κ2) is 7.08. The molecule has 29 heavy (non-hydrogen) atoms. The van der Waals surface area contributed by atoms with Crippen LogP contribution in [0, 0.1) is 0 Å². The highest BCUT2D eigenvalue weighted by Crippen LogP contribution is 2.24. The van der Waals surface area contributed by atoms with Gasteiger partial charge in [0.2, 0.25) is 5.89 Å². The van der Waals surface area contributed by atoms with Gasteiger partial charge in [-0.15, -0.1) is 0 Å². The van der Waals surface area contributed by atoms with Crippen LogP contribution in [0.15, 0.2) is 65.1 Å². The first-order valence-corrected chi connectivity index (χ1v) is 8.95. The minimum absolute atomic E-state index is 0.277. The predicted molar refractivity (Wildman–Crippen MR) is 107 cm³/mol. The van der Waals surface area contributed by atoms with Crippen LogP contribution in [0.5, 0.6) is 0 Å². The van der Waals surface area contributed by atoms with E-state index in [1.165, 1.54) is 0 Å². The molecule has 0 atom stereocenters. The summed E-state index contributed by atoms with van der Waals surface area (Å²) in [5.74, 6) is 0.529. The molecule has 1 aliphatic rings. The number of anilines is 1. The van der Waals surface area contributed by atoms with E-state index < -0.39 is 0 Å². The minimum atomic E-state index is -0.277. The summed E-state index contributed by atoms with van der Waals surface area (Å²) in [6.45, 7) is 0. The van der Waals surface area contributed by atoms with Gasteiger partial charge in [-0.1, -0.05) is 12.2 Å². The molecule has 0 fully saturated rings. The summed E-state index contributed by atoms with van der Waals surface area (Å²) in [6.07, 6.45) is 12.5. The van der Waals surface area contributed by atoms with Crippen molar-refractivity contribution >= 4 is 35.1 Å². The predicted octanol–water partition coefficient (Wildman–Crippen LogP) is 1.60. The highest BCUT2D eigenvalue weighted by Gasteiger charge is 2.13. The van der Waals surface area contributed by atoms with Gasteiger partial charge in [-0.05, 0) is 36.8 Å². The molecular formula is C21H14N6O2. The van der Waals surface area contributed by atoms with Crippen molar-refractivity contribution in [3.63, 3.8) is 0 Å². The molecule has 0 bridgehead atoms. The van der Waals surface area contributed by atoms with E-state index in [0.29, 0.717) is 45.8 Å². The fourth-order valence-corrected chi connectivity index (χ4v) is 3.00. The van der Waals surface area contributed by atoms with Gasteiger partial charge in [-0.2, -0.15) is 4.98 Å². The number of rotatable bonds is 3. The van der Waals surface area contributed by atoms with Gasteiger partial charge in [0, 0.05) is 35.9 Å². The third-order valence-corrected chi connectivity index (χ3v) is 4.37. The first-order chi connectivity index (χ1) is 14.3. The fourth-order valence-electron chi connectivity index (χ4n) is 3.00. The van der Waals surface area contributed by atoms with Crippen molar-refractivity contribution in [3.05, 3.63) is 71.4 Å². The summed E-state index contributed by atoms with van der Waals surface area (Å²) in [5, 5.41) is 4.24. The highest BCUT2D eigenvalue weighted by atomic mass is 16.3. The maximum absolute atomic E-state index is 12.8. The second-order valence-electron chi connectivity index (χ2n) is 6.30. The first-order valence-electron chi connectivity index (χ1n) is 8.95. The molecule has 0 spiro atoms. The minimum Gasteiger partial charge on any atom is -0.434 e. The average Bonchev–Trinajstić information content (AvgIpc) is 3.06. The van der Waals surface area contributed by atoms with Gasteiger partial charge in [0.15, 0.2) is 11.2 Å². The Morgan fingerprint density at radius 2 is 1.86 bits per heavy atom. The van der Waals surface area contributed by atoms with E-state index in [9.17, 15) is 4.79 Å². The van der Waals surface area contributed by atoms with E-state index in [2.05, 4.69) is 30.2 Å². The smallest absolute Gasteiger partial charge is 0.256 e. The number of nitrogens with zero attached hydrogens (tertiary/aromatic N) is 5. The zero-order chi connectivity index (χ0) is 19.6. The molecule has 4 heterocycles. The van der Waals surface area contributed by atoms with Crippen LogP contribution < -0.4 is 16.0 Å². The van der Waals surface area contributed by atoms with E-state index >= 15 is 0 Å². The van der Waals surface area contributed by atoms with Crippen LogP contribution in [0.2, 0.25) is 0 Å². The lowest BCUT2D eigenvalue weighted by Crippen LogP contribution is -2.30. The van der Waals surface area contributed by atoms with Crippen molar-refractivity contribution < 1.29 is 9.21 Å². The summed E-state index contributed by atoms with van der Waals surface area (Å²) in [6, 6.07) is 7.05. The Morgan fingerprint density at radius 3 is 2.76 bits per heavy atom. The molecule has 8 heteroatoms. The van der Waals surface area contributed by atoms with E-state index in [0.717, 1.165) is 5.35 Å². The number of hydrogen-bond donors (Lipinski definition) is 1. The standard InChI is InChI=1S/C21H14N6O2/c28-20(13-3-1-4-15-16(11-13)23-10-9-22-15)26-18-12-14(6-8-24-18)21-27-19-17(29-21)5-2-7-25-19/h2-12H,1H2,(H,24,26,28). The lowest BCUT2D eigenvalue weighted by atomic mass is 10.2. The first kappa shape index (κ1) is 16.9. The number of hydrogen-bond acceptors (Lipinski definition) is 7. The summed E-state index contributed by atoms with van der Waals surface area (Å²) < 4.78 is 5.73. The molecule has 1 aliphatic carbocycles. The molecule has 4 aromatic heterocycles. The normalized spacial score (nSPS) is 12.9. The Balaban J connectivity index is 1.42. The van der Waals surface area contributed by atoms with Crippen molar-refractivity contribution in [3.8, 4) is 11.5 Å². The van der Waals surface area contributed by atoms with E-state index in [4.69, 9.17) is 4.42 Å². The Kier molecular flexibility index (Phi) is 4.14. The Morgan fingerprint density at radius 1 is 0.966 bits per heavy atom. The number of aromatic nitrogens is 5. The molecule has 0 unspecified atom stereocenters. The van der Waals surface area contributed by atoms with Crippen molar-refractivity contribution in [1.29, 1.82) is 0 Å². The molecule has 1 amide bonds. The van der Waals surface area contributed by atoms with Crippen LogP contribution in [0.25, 0.3) is 34.8 Å². The molecule has 0 radical (unpaired) electrons. The summed E-state index contributed by atoms with van der Waals surface area (Å²) in [7, 11) is 0. The average molecular weight is 382 g/mol. The number of allylic oxidation sites excluding steroid dienone is 1. The van der Waals surface area contributed by atoms with E-state index in [1.54, 1.807) is 55.1 Å². The van der Waals surface area contributed by atoms with Gasteiger partial charge in [-0.25, -0.2) is 9.97 Å². The van der Waals surface area contributed by atoms with E-state index in [-0.39, 0.29) is 5.91 Å². The van der Waals surface area contributed by atoms with Crippen LogP contribution in [-0.2, 0) is 4.79 Å². The molecule has 0 saturated heterocycles. The Hall–Kier alpha value is -4.20. The van der Waals surface area contributed by atoms with Crippen molar-refractivity contribution in [2.24, 2.45) is 0 Å². The molecule has 0 aromatic carbocycles. The van der Waals surface area contributed by atoms with Gasteiger partial charge in [0.1, 0.15) is 5.82 Å². The maximum Gasteiger partial charge on any atom is 0.256 e. The summed E-state index contributed by atoms with van der Waals surface area (Å²) in [5.41, 5.74) is 2.31. The number of pyridine rings is 2. The third kappa shape index (κ3) is 3.39. The van der Waals surface area contributed by atoms with Gasteiger partial charge in [0.25, 0.3) is 5.91 Å². The quantitative estimate of drug-likeness (QED) is 0.573. The largest absolute Gasteiger partial charge is 0.434 e. The number of nitrogens with one attached hydrogen (secondary N) is 1. The van der Waals surface area contributed by atoms with Crippen molar-refractivity contribution in [1.82, 2.24) is 24.9 Å². The summed E-state index contributed by atoms with van der Waals surface area (Å²) >= 11 is 0. The van der Waals surface area contributed by atoms with Gasteiger partial charge in [0.05, 0.1) is 10.7 Å². The topological polar surface area (TPSA) is 107 Å². The molecule has 0 aliphatic heterocycles. The van der Waals surface area contributed by atoms with Crippen LogP contribution in [0.4, 0.5) is 5.82 Å². The number of fused-ring (bicyclic) bond motifs is 2. The fraction of sp³-hybridized carbons (Fsp3) is 0.0476. The van der Waals surface area contributed by atoms with Gasteiger partial charge in [-0.3, -0.25) is 14.8 Å². The zero-order valence-corrected chi connectivity index (χ0v) is 15.1. The second-order valence-corrected chi connectivity index (χ2v) is 6.30. The third-order valence-electron chi connectivity index (χ3n) is 4.37. The lowest BCUT2D eigenvalue weighted by Gasteiger charge is -2.05.